The quantitative estimate of drug-likeness (QED) is 0.855. The number of rotatable bonds is 4. The number of aromatic nitrogens is 1. The van der Waals surface area contributed by atoms with Crippen LogP contribution in [0.3, 0.4) is 0 Å². The maximum absolute atomic E-state index is 12.3. The van der Waals surface area contributed by atoms with Gasteiger partial charge in [-0.1, -0.05) is 36.2 Å². The van der Waals surface area contributed by atoms with Crippen LogP contribution in [0.5, 0.6) is 0 Å². The summed E-state index contributed by atoms with van der Waals surface area (Å²) in [4.78, 5) is 24.4. The topological polar surface area (TPSA) is 63.1 Å². The van der Waals surface area contributed by atoms with Crippen LogP contribution in [0.4, 0.5) is 5.69 Å². The lowest BCUT2D eigenvalue weighted by Gasteiger charge is -2.22. The second-order valence-electron chi connectivity index (χ2n) is 5.97. The van der Waals surface area contributed by atoms with Gasteiger partial charge in [0, 0.05) is 17.3 Å². The fourth-order valence-corrected chi connectivity index (χ4v) is 3.04. The molecule has 1 aromatic heterocycles. The van der Waals surface area contributed by atoms with E-state index in [0.717, 1.165) is 31.4 Å². The molecule has 5 nitrogen and oxygen atoms in total. The van der Waals surface area contributed by atoms with Crippen molar-refractivity contribution in [2.24, 2.45) is 0 Å². The summed E-state index contributed by atoms with van der Waals surface area (Å²) < 4.78 is 1.55. The Kier molecular flexibility index (Phi) is 7.05. The number of anilines is 1. The second kappa shape index (κ2) is 9.04. The largest absolute Gasteiger partial charge is 0.323 e. The molecule has 1 saturated heterocycles. The number of pyridine rings is 1. The van der Waals surface area contributed by atoms with Crippen molar-refractivity contribution in [1.82, 2.24) is 9.88 Å². The molecule has 2 N–H and O–H groups in total. The molecule has 1 unspecified atom stereocenters. The first-order valence-electron chi connectivity index (χ1n) is 8.11. The maximum atomic E-state index is 12.3. The summed E-state index contributed by atoms with van der Waals surface area (Å²) in [7, 11) is 0. The van der Waals surface area contributed by atoms with Gasteiger partial charge in [-0.2, -0.15) is 0 Å². The molecule has 3 rings (SSSR count). The zero-order valence-corrected chi connectivity index (χ0v) is 15.3. The first-order valence-corrected chi connectivity index (χ1v) is 8.49. The average molecular weight is 382 g/mol. The van der Waals surface area contributed by atoms with E-state index in [-0.39, 0.29) is 29.9 Å². The van der Waals surface area contributed by atoms with Gasteiger partial charge in [-0.05, 0) is 37.1 Å². The number of piperidine rings is 1. The van der Waals surface area contributed by atoms with E-state index in [9.17, 15) is 9.59 Å². The highest BCUT2D eigenvalue weighted by Crippen LogP contribution is 2.16. The molecule has 0 bridgehead atoms. The van der Waals surface area contributed by atoms with Crippen molar-refractivity contribution in [1.29, 1.82) is 0 Å². The molecule has 0 aliphatic carbocycles. The number of hydrogen-bond acceptors (Lipinski definition) is 3. The Morgan fingerprint density at radius 1 is 1.24 bits per heavy atom. The van der Waals surface area contributed by atoms with Crippen molar-refractivity contribution in [2.45, 2.75) is 31.8 Å². The standard InChI is InChI=1S/C18H20ClN3O2.ClH/c19-15-6-2-1-5-13(15)11-22-12-14(8-9-17(22)23)21-18(24)16-7-3-4-10-20-16;/h1-2,5-6,8-9,12,16,20H,3-4,7,10-11H2,(H,21,24);1H. The van der Waals surface area contributed by atoms with E-state index in [4.69, 9.17) is 11.6 Å². The molecular formula is C18H21Cl2N3O2. The predicted octanol–water partition coefficient (Wildman–Crippen LogP) is 3.05. The monoisotopic (exact) mass is 381 g/mol. The minimum absolute atomic E-state index is 0. The number of carbonyl (C=O) groups is 1. The Bertz CT molecular complexity index is 786. The molecule has 1 aliphatic heterocycles. The first kappa shape index (κ1) is 19.5. The van der Waals surface area contributed by atoms with Gasteiger partial charge in [-0.15, -0.1) is 12.4 Å². The van der Waals surface area contributed by atoms with Crippen molar-refractivity contribution in [3.05, 3.63) is 63.5 Å². The summed E-state index contributed by atoms with van der Waals surface area (Å²) in [6.07, 6.45) is 4.65. The molecule has 7 heteroatoms. The summed E-state index contributed by atoms with van der Waals surface area (Å²) in [5.74, 6) is -0.0577. The van der Waals surface area contributed by atoms with Crippen molar-refractivity contribution in [3.8, 4) is 0 Å². The minimum Gasteiger partial charge on any atom is -0.323 e. The molecule has 0 radical (unpaired) electrons. The maximum Gasteiger partial charge on any atom is 0.250 e. The fraction of sp³-hybridized carbons (Fsp3) is 0.333. The molecular weight excluding hydrogens is 361 g/mol. The van der Waals surface area contributed by atoms with Crippen LogP contribution in [0, 0.1) is 0 Å². The van der Waals surface area contributed by atoms with Crippen LogP contribution in [-0.4, -0.2) is 23.1 Å². The number of hydrogen-bond donors (Lipinski definition) is 2. The molecule has 2 aromatic rings. The molecule has 0 saturated carbocycles. The van der Waals surface area contributed by atoms with Gasteiger partial charge in [0.05, 0.1) is 18.3 Å². The summed E-state index contributed by atoms with van der Waals surface area (Å²) >= 11 is 6.16. The van der Waals surface area contributed by atoms with E-state index in [2.05, 4.69) is 10.6 Å². The van der Waals surface area contributed by atoms with E-state index in [1.807, 2.05) is 18.2 Å². The molecule has 0 spiro atoms. The Balaban J connectivity index is 0.00000225. The Labute approximate surface area is 157 Å². The number of nitrogens with zero attached hydrogens (tertiary/aromatic N) is 1. The van der Waals surface area contributed by atoms with Crippen LogP contribution >= 0.6 is 24.0 Å². The van der Waals surface area contributed by atoms with Crippen molar-refractivity contribution < 1.29 is 4.79 Å². The average Bonchev–Trinajstić information content (AvgIpc) is 2.60. The summed E-state index contributed by atoms with van der Waals surface area (Å²) in [5.41, 5.74) is 1.33. The van der Waals surface area contributed by atoms with Gasteiger partial charge >= 0.3 is 0 Å². The van der Waals surface area contributed by atoms with Gasteiger partial charge in [0.1, 0.15) is 0 Å². The molecule has 1 atom stereocenters. The van der Waals surface area contributed by atoms with E-state index < -0.39 is 0 Å². The molecule has 1 aromatic carbocycles. The number of amides is 1. The highest BCUT2D eigenvalue weighted by atomic mass is 35.5. The lowest BCUT2D eigenvalue weighted by Crippen LogP contribution is -2.43. The number of halogens is 2. The van der Waals surface area contributed by atoms with E-state index in [1.54, 1.807) is 22.9 Å². The van der Waals surface area contributed by atoms with Gasteiger partial charge in [-0.25, -0.2) is 0 Å². The van der Waals surface area contributed by atoms with Crippen molar-refractivity contribution >= 4 is 35.6 Å². The molecule has 1 amide bonds. The van der Waals surface area contributed by atoms with Crippen molar-refractivity contribution in [3.63, 3.8) is 0 Å². The molecule has 1 fully saturated rings. The van der Waals surface area contributed by atoms with E-state index >= 15 is 0 Å². The smallest absolute Gasteiger partial charge is 0.250 e. The molecule has 25 heavy (non-hydrogen) atoms. The summed E-state index contributed by atoms with van der Waals surface area (Å²) in [6.45, 7) is 1.23. The Hall–Kier alpha value is -1.82. The second-order valence-corrected chi connectivity index (χ2v) is 6.37. The van der Waals surface area contributed by atoms with E-state index in [1.165, 1.54) is 6.07 Å². The lowest BCUT2D eigenvalue weighted by molar-refractivity contribution is -0.118. The lowest BCUT2D eigenvalue weighted by atomic mass is 10.0. The normalized spacial score (nSPS) is 16.8. The van der Waals surface area contributed by atoms with Gasteiger partial charge in [0.25, 0.3) is 5.56 Å². The Morgan fingerprint density at radius 2 is 2.04 bits per heavy atom. The molecule has 2 heterocycles. The van der Waals surface area contributed by atoms with Crippen LogP contribution < -0.4 is 16.2 Å². The van der Waals surface area contributed by atoms with Crippen LogP contribution in [0.2, 0.25) is 5.02 Å². The zero-order chi connectivity index (χ0) is 16.9. The zero-order valence-electron chi connectivity index (χ0n) is 13.7. The first-order chi connectivity index (χ1) is 11.6. The van der Waals surface area contributed by atoms with Gasteiger partial charge < -0.3 is 15.2 Å². The SMILES string of the molecule is Cl.O=C(Nc1ccc(=O)n(Cc2ccccc2Cl)c1)C1CCCCN1. The van der Waals surface area contributed by atoms with Gasteiger partial charge in [0.2, 0.25) is 5.91 Å². The molecule has 1 aliphatic rings. The van der Waals surface area contributed by atoms with Crippen molar-refractivity contribution in [2.75, 3.05) is 11.9 Å². The number of benzene rings is 1. The summed E-state index contributed by atoms with van der Waals surface area (Å²) in [6, 6.07) is 10.3. The molecule has 134 valence electrons. The van der Waals surface area contributed by atoms with Gasteiger partial charge in [0.15, 0.2) is 0 Å². The van der Waals surface area contributed by atoms with Crippen LogP contribution in [-0.2, 0) is 11.3 Å². The van der Waals surface area contributed by atoms with Crippen LogP contribution in [0.15, 0.2) is 47.4 Å². The van der Waals surface area contributed by atoms with Crippen LogP contribution in [0.25, 0.3) is 0 Å². The number of nitrogens with one attached hydrogen (secondary N) is 2. The highest BCUT2D eigenvalue weighted by Gasteiger charge is 2.20. The Morgan fingerprint density at radius 3 is 2.76 bits per heavy atom. The fourth-order valence-electron chi connectivity index (χ4n) is 2.84. The van der Waals surface area contributed by atoms with E-state index in [0.29, 0.717) is 17.3 Å². The third-order valence-corrected chi connectivity index (χ3v) is 4.55. The third kappa shape index (κ3) is 5.08. The highest BCUT2D eigenvalue weighted by molar-refractivity contribution is 6.31. The van der Waals surface area contributed by atoms with Crippen LogP contribution in [0.1, 0.15) is 24.8 Å². The minimum atomic E-state index is -0.164. The van der Waals surface area contributed by atoms with Gasteiger partial charge in [-0.3, -0.25) is 9.59 Å². The summed E-state index contributed by atoms with van der Waals surface area (Å²) in [5, 5.41) is 6.72. The predicted molar refractivity (Wildman–Crippen MR) is 103 cm³/mol. The number of carbonyl (C=O) groups excluding carboxylic acids is 1. The third-order valence-electron chi connectivity index (χ3n) is 4.18.